The first-order valence-corrected chi connectivity index (χ1v) is 10.7. The van der Waals surface area contributed by atoms with E-state index in [1.54, 1.807) is 24.9 Å². The van der Waals surface area contributed by atoms with Gasteiger partial charge in [0.15, 0.2) is 0 Å². The van der Waals surface area contributed by atoms with Crippen molar-refractivity contribution in [1.82, 2.24) is 19.7 Å². The Labute approximate surface area is 198 Å². The molecule has 0 aliphatic heterocycles. The molecule has 174 valence electrons. The van der Waals surface area contributed by atoms with Gasteiger partial charge in [0.2, 0.25) is 5.95 Å². The number of anilines is 4. The second-order valence-electron chi connectivity index (χ2n) is 8.01. The molecule has 1 amide bonds. The normalized spacial score (nSPS) is 10.6. The van der Waals surface area contributed by atoms with E-state index in [1.807, 2.05) is 80.5 Å². The van der Waals surface area contributed by atoms with Crippen molar-refractivity contribution in [3.8, 4) is 17.0 Å². The van der Waals surface area contributed by atoms with E-state index in [-0.39, 0.29) is 5.91 Å². The molecule has 34 heavy (non-hydrogen) atoms. The molecule has 2 aromatic heterocycles. The first-order valence-electron chi connectivity index (χ1n) is 10.7. The Morgan fingerprint density at radius 3 is 2.44 bits per heavy atom. The second kappa shape index (κ2) is 9.62. The van der Waals surface area contributed by atoms with Crippen molar-refractivity contribution in [1.29, 1.82) is 0 Å². The number of aromatic nitrogens is 4. The largest absolute Gasteiger partial charge is 0.497 e. The van der Waals surface area contributed by atoms with E-state index in [0.29, 0.717) is 23.0 Å². The van der Waals surface area contributed by atoms with E-state index in [2.05, 4.69) is 25.7 Å². The number of carbonyl (C=O) groups is 1. The Morgan fingerprint density at radius 2 is 1.74 bits per heavy atom. The zero-order chi connectivity index (χ0) is 24.2. The second-order valence-corrected chi connectivity index (χ2v) is 8.01. The van der Waals surface area contributed by atoms with Crippen molar-refractivity contribution in [2.75, 3.05) is 36.7 Å². The van der Waals surface area contributed by atoms with Gasteiger partial charge in [-0.25, -0.2) is 4.98 Å². The minimum atomic E-state index is -0.248. The van der Waals surface area contributed by atoms with Crippen LogP contribution in [0.25, 0.3) is 11.3 Å². The fourth-order valence-corrected chi connectivity index (χ4v) is 3.40. The SMILES string of the molecule is COc1cccc(-c2cc(C(=O)Nc3ccc(Nc4nc(C)cc(N(C)C)n4)cc3)n(C)n2)c1. The first-order chi connectivity index (χ1) is 16.3. The number of amides is 1. The number of hydrogen-bond donors (Lipinski definition) is 2. The van der Waals surface area contributed by atoms with Gasteiger partial charge in [-0.15, -0.1) is 0 Å². The van der Waals surface area contributed by atoms with E-state index in [9.17, 15) is 4.79 Å². The Bertz CT molecular complexity index is 1310. The molecule has 2 aromatic carbocycles. The van der Waals surface area contributed by atoms with Crippen LogP contribution in [0.4, 0.5) is 23.1 Å². The number of benzene rings is 2. The molecule has 9 heteroatoms. The minimum absolute atomic E-state index is 0.248. The summed E-state index contributed by atoms with van der Waals surface area (Å²) in [5.74, 6) is 1.82. The highest BCUT2D eigenvalue weighted by atomic mass is 16.5. The number of nitrogens with zero attached hydrogens (tertiary/aromatic N) is 5. The smallest absolute Gasteiger partial charge is 0.273 e. The fourth-order valence-electron chi connectivity index (χ4n) is 3.40. The summed E-state index contributed by atoms with van der Waals surface area (Å²) in [7, 11) is 7.23. The number of rotatable bonds is 7. The summed E-state index contributed by atoms with van der Waals surface area (Å²) in [5.41, 5.74) is 4.37. The predicted molar refractivity (Wildman–Crippen MR) is 134 cm³/mol. The molecule has 2 heterocycles. The third-order valence-electron chi connectivity index (χ3n) is 5.18. The van der Waals surface area contributed by atoms with Crippen molar-refractivity contribution in [3.05, 3.63) is 72.1 Å². The quantitative estimate of drug-likeness (QED) is 0.428. The molecule has 4 aromatic rings. The van der Waals surface area contributed by atoms with Gasteiger partial charge < -0.3 is 20.3 Å². The highest BCUT2D eigenvalue weighted by Crippen LogP contribution is 2.24. The van der Waals surface area contributed by atoms with Crippen LogP contribution in [0, 0.1) is 6.92 Å². The molecule has 2 N–H and O–H groups in total. The zero-order valence-electron chi connectivity index (χ0n) is 19.8. The van der Waals surface area contributed by atoms with Crippen LogP contribution in [0.1, 0.15) is 16.2 Å². The summed E-state index contributed by atoms with van der Waals surface area (Å²) in [6.45, 7) is 1.93. The Morgan fingerprint density at radius 1 is 1.00 bits per heavy atom. The summed E-state index contributed by atoms with van der Waals surface area (Å²) in [5, 5.41) is 10.6. The molecular weight excluding hydrogens is 430 g/mol. The minimum Gasteiger partial charge on any atom is -0.497 e. The lowest BCUT2D eigenvalue weighted by molar-refractivity contribution is 0.101. The molecule has 4 rings (SSSR count). The van der Waals surface area contributed by atoms with Gasteiger partial charge in [0, 0.05) is 49.8 Å². The van der Waals surface area contributed by atoms with Crippen molar-refractivity contribution in [2.24, 2.45) is 7.05 Å². The summed E-state index contributed by atoms with van der Waals surface area (Å²) in [4.78, 5) is 23.7. The fraction of sp³-hybridized carbons (Fsp3) is 0.200. The van der Waals surface area contributed by atoms with Crippen molar-refractivity contribution >= 4 is 29.0 Å². The first kappa shape index (κ1) is 22.8. The summed E-state index contributed by atoms with van der Waals surface area (Å²) >= 11 is 0. The topological polar surface area (TPSA) is 97.2 Å². The number of methoxy groups -OCH3 is 1. The molecule has 0 atom stereocenters. The van der Waals surface area contributed by atoms with Crippen molar-refractivity contribution in [3.63, 3.8) is 0 Å². The van der Waals surface area contributed by atoms with Crippen molar-refractivity contribution < 1.29 is 9.53 Å². The molecule has 0 fully saturated rings. The number of carbonyl (C=O) groups excluding carboxylic acids is 1. The summed E-state index contributed by atoms with van der Waals surface area (Å²) in [6.07, 6.45) is 0. The standard InChI is InChI=1S/C25H27N7O2/c1-16-13-23(31(2)3)29-25(26-16)28-19-11-9-18(10-12-19)27-24(33)22-15-21(30-32(22)4)17-7-6-8-20(14-17)34-5/h6-15H,1-5H3,(H,27,33)(H,26,28,29). The van der Waals surface area contributed by atoms with Crippen LogP contribution in [-0.4, -0.2) is 46.9 Å². The predicted octanol–water partition coefficient (Wildman–Crippen LogP) is 4.26. The van der Waals surface area contributed by atoms with Crippen LogP contribution in [0.2, 0.25) is 0 Å². The molecular formula is C25H27N7O2. The van der Waals surface area contributed by atoms with Crippen LogP contribution in [0.3, 0.4) is 0 Å². The average molecular weight is 458 g/mol. The van der Waals surface area contributed by atoms with E-state index >= 15 is 0 Å². The van der Waals surface area contributed by atoms with Gasteiger partial charge in [-0.1, -0.05) is 12.1 Å². The van der Waals surface area contributed by atoms with Crippen molar-refractivity contribution in [2.45, 2.75) is 6.92 Å². The molecule has 0 aliphatic carbocycles. The van der Waals surface area contributed by atoms with Crippen LogP contribution in [-0.2, 0) is 7.05 Å². The van der Waals surface area contributed by atoms with Gasteiger partial charge in [0.25, 0.3) is 5.91 Å². The monoisotopic (exact) mass is 457 g/mol. The maximum atomic E-state index is 12.9. The van der Waals surface area contributed by atoms with Gasteiger partial charge in [-0.2, -0.15) is 10.1 Å². The Balaban J connectivity index is 1.46. The van der Waals surface area contributed by atoms with E-state index in [0.717, 1.165) is 28.5 Å². The maximum absolute atomic E-state index is 12.9. The van der Waals surface area contributed by atoms with Gasteiger partial charge in [0.05, 0.1) is 12.8 Å². The molecule has 0 aliphatic rings. The lowest BCUT2D eigenvalue weighted by Gasteiger charge is -2.14. The summed E-state index contributed by atoms with van der Waals surface area (Å²) < 4.78 is 6.85. The van der Waals surface area contributed by atoms with E-state index in [4.69, 9.17) is 4.74 Å². The van der Waals surface area contributed by atoms with E-state index in [1.165, 1.54) is 0 Å². The number of nitrogens with one attached hydrogen (secondary N) is 2. The van der Waals surface area contributed by atoms with Crippen LogP contribution >= 0.6 is 0 Å². The lowest BCUT2D eigenvalue weighted by atomic mass is 10.1. The van der Waals surface area contributed by atoms with E-state index < -0.39 is 0 Å². The molecule has 0 saturated heterocycles. The maximum Gasteiger partial charge on any atom is 0.273 e. The van der Waals surface area contributed by atoms with Crippen LogP contribution in [0.15, 0.2) is 60.7 Å². The molecule has 0 unspecified atom stereocenters. The number of ether oxygens (including phenoxy) is 1. The highest BCUT2D eigenvalue weighted by molar-refractivity contribution is 6.03. The van der Waals surface area contributed by atoms with Crippen LogP contribution < -0.4 is 20.3 Å². The Kier molecular flexibility index (Phi) is 6.44. The summed E-state index contributed by atoms with van der Waals surface area (Å²) in [6, 6.07) is 18.6. The lowest BCUT2D eigenvalue weighted by Crippen LogP contribution is -2.16. The third-order valence-corrected chi connectivity index (χ3v) is 5.18. The molecule has 0 bridgehead atoms. The van der Waals surface area contributed by atoms with Gasteiger partial charge in [-0.3, -0.25) is 9.48 Å². The molecule has 0 saturated carbocycles. The third kappa shape index (κ3) is 5.15. The number of hydrogen-bond acceptors (Lipinski definition) is 7. The van der Waals surface area contributed by atoms with Crippen LogP contribution in [0.5, 0.6) is 5.75 Å². The number of aryl methyl sites for hydroxylation is 2. The Hall–Kier alpha value is -4.40. The molecule has 9 nitrogen and oxygen atoms in total. The average Bonchev–Trinajstić information content (AvgIpc) is 3.22. The van der Waals surface area contributed by atoms with Gasteiger partial charge in [0.1, 0.15) is 17.3 Å². The molecule has 0 radical (unpaired) electrons. The molecule has 0 spiro atoms. The highest BCUT2D eigenvalue weighted by Gasteiger charge is 2.15. The van der Waals surface area contributed by atoms with Gasteiger partial charge >= 0.3 is 0 Å². The zero-order valence-corrected chi connectivity index (χ0v) is 19.8. The van der Waals surface area contributed by atoms with Gasteiger partial charge in [-0.05, 0) is 49.4 Å².